The van der Waals surface area contributed by atoms with Crippen LogP contribution in [0.15, 0.2) is 42.7 Å². The topological polar surface area (TPSA) is 44.5 Å². The number of hydrogen-bond donors (Lipinski definition) is 0. The minimum Gasteiger partial charge on any atom is -0.493 e. The monoisotopic (exact) mass is 412 g/mol. The van der Waals surface area contributed by atoms with Crippen LogP contribution in [0.3, 0.4) is 0 Å². The van der Waals surface area contributed by atoms with Gasteiger partial charge in [-0.1, -0.05) is 18.2 Å². The number of rotatable bonds is 8. The Labute approximate surface area is 177 Å². The molecule has 0 saturated heterocycles. The molecule has 6 nitrogen and oxygen atoms in total. The first kappa shape index (κ1) is 21.1. The molecule has 0 fully saturated rings. The van der Waals surface area contributed by atoms with Crippen molar-refractivity contribution in [3.05, 3.63) is 64.2 Å². The molecule has 154 valence electrons. The zero-order valence-electron chi connectivity index (χ0n) is 17.7. The highest BCUT2D eigenvalue weighted by Crippen LogP contribution is 2.28. The van der Waals surface area contributed by atoms with E-state index in [0.29, 0.717) is 18.0 Å². The SMILES string of the molecule is CCOc1ccc(CN(C)Cn2ncn(-c3cc(C)ccc3C)c2=S)cc1OC. The highest BCUT2D eigenvalue weighted by atomic mass is 32.1. The Morgan fingerprint density at radius 1 is 1.10 bits per heavy atom. The first-order chi connectivity index (χ1) is 13.9. The second-order valence-electron chi connectivity index (χ2n) is 7.15. The molecule has 0 bridgehead atoms. The summed E-state index contributed by atoms with van der Waals surface area (Å²) >= 11 is 5.68. The highest BCUT2D eigenvalue weighted by molar-refractivity contribution is 7.71. The zero-order chi connectivity index (χ0) is 21.0. The number of aromatic nitrogens is 3. The molecule has 29 heavy (non-hydrogen) atoms. The molecule has 0 unspecified atom stereocenters. The van der Waals surface area contributed by atoms with Crippen molar-refractivity contribution < 1.29 is 9.47 Å². The van der Waals surface area contributed by atoms with Gasteiger partial charge in [-0.25, -0.2) is 4.68 Å². The summed E-state index contributed by atoms with van der Waals surface area (Å²) < 4.78 is 15.5. The lowest BCUT2D eigenvalue weighted by Crippen LogP contribution is -2.22. The van der Waals surface area contributed by atoms with E-state index < -0.39 is 0 Å². The van der Waals surface area contributed by atoms with Crippen LogP contribution in [0.4, 0.5) is 0 Å². The predicted molar refractivity (Wildman–Crippen MR) is 117 cm³/mol. The molecule has 0 amide bonds. The standard InChI is InChI=1S/C22H28N4O2S/c1-6-28-20-10-9-18(12-21(20)27-5)13-24(4)15-26-22(29)25(14-23-26)19-11-16(2)7-8-17(19)3/h7-12,14H,6,13,15H2,1-5H3. The summed E-state index contributed by atoms with van der Waals surface area (Å²) in [7, 11) is 3.70. The van der Waals surface area contributed by atoms with E-state index in [-0.39, 0.29) is 0 Å². The summed E-state index contributed by atoms with van der Waals surface area (Å²) in [4.78, 5) is 2.16. The molecule has 1 aromatic heterocycles. The number of ether oxygens (including phenoxy) is 2. The number of methoxy groups -OCH3 is 1. The summed E-state index contributed by atoms with van der Waals surface area (Å²) in [5.74, 6) is 1.50. The van der Waals surface area contributed by atoms with Crippen LogP contribution in [0.1, 0.15) is 23.6 Å². The van der Waals surface area contributed by atoms with Crippen molar-refractivity contribution in [2.24, 2.45) is 0 Å². The third-order valence-corrected chi connectivity index (χ3v) is 5.12. The molecule has 0 aliphatic rings. The van der Waals surface area contributed by atoms with E-state index in [1.54, 1.807) is 13.4 Å². The molecule has 0 spiro atoms. The fourth-order valence-corrected chi connectivity index (χ4v) is 3.50. The van der Waals surface area contributed by atoms with Crippen molar-refractivity contribution in [2.45, 2.75) is 34.0 Å². The molecule has 0 N–H and O–H groups in total. The minimum atomic E-state index is 0.590. The Morgan fingerprint density at radius 3 is 2.62 bits per heavy atom. The van der Waals surface area contributed by atoms with E-state index in [0.717, 1.165) is 29.3 Å². The van der Waals surface area contributed by atoms with E-state index >= 15 is 0 Å². The van der Waals surface area contributed by atoms with Gasteiger partial charge < -0.3 is 9.47 Å². The normalized spacial score (nSPS) is 11.1. The van der Waals surface area contributed by atoms with Gasteiger partial charge in [-0.2, -0.15) is 5.10 Å². The smallest absolute Gasteiger partial charge is 0.203 e. The molecule has 0 aliphatic heterocycles. The Bertz CT molecular complexity index is 1040. The third-order valence-electron chi connectivity index (χ3n) is 4.71. The zero-order valence-corrected chi connectivity index (χ0v) is 18.5. The van der Waals surface area contributed by atoms with Crippen LogP contribution in [0.25, 0.3) is 5.69 Å². The Morgan fingerprint density at radius 2 is 1.90 bits per heavy atom. The van der Waals surface area contributed by atoms with E-state index in [2.05, 4.69) is 48.1 Å². The molecule has 0 saturated carbocycles. The van der Waals surface area contributed by atoms with Crippen LogP contribution < -0.4 is 9.47 Å². The maximum atomic E-state index is 5.68. The summed E-state index contributed by atoms with van der Waals surface area (Å²) in [5, 5.41) is 4.51. The van der Waals surface area contributed by atoms with Crippen molar-refractivity contribution in [3.63, 3.8) is 0 Å². The lowest BCUT2D eigenvalue weighted by Gasteiger charge is -2.18. The average Bonchev–Trinajstić information content (AvgIpc) is 3.05. The molecule has 0 radical (unpaired) electrons. The summed E-state index contributed by atoms with van der Waals surface area (Å²) in [6.45, 7) is 8.06. The number of aryl methyl sites for hydroxylation is 2. The molecule has 1 heterocycles. The maximum Gasteiger partial charge on any atom is 0.203 e. The first-order valence-electron chi connectivity index (χ1n) is 9.63. The van der Waals surface area contributed by atoms with Gasteiger partial charge in [0.1, 0.15) is 6.33 Å². The first-order valence-corrected chi connectivity index (χ1v) is 10.0. The van der Waals surface area contributed by atoms with Gasteiger partial charge in [-0.3, -0.25) is 9.47 Å². The quantitative estimate of drug-likeness (QED) is 0.509. The summed E-state index contributed by atoms with van der Waals surface area (Å²) in [6, 6.07) is 12.4. The van der Waals surface area contributed by atoms with E-state index in [1.165, 1.54) is 11.1 Å². The predicted octanol–water partition coefficient (Wildman–Crippen LogP) is 4.52. The van der Waals surface area contributed by atoms with Crippen LogP contribution in [0.2, 0.25) is 0 Å². The lowest BCUT2D eigenvalue weighted by atomic mass is 10.1. The van der Waals surface area contributed by atoms with Crippen LogP contribution in [0, 0.1) is 18.6 Å². The fraction of sp³-hybridized carbons (Fsp3) is 0.364. The minimum absolute atomic E-state index is 0.590. The van der Waals surface area contributed by atoms with Crippen molar-refractivity contribution in [3.8, 4) is 17.2 Å². The Kier molecular flexibility index (Phi) is 6.71. The molecular weight excluding hydrogens is 384 g/mol. The van der Waals surface area contributed by atoms with Crippen LogP contribution >= 0.6 is 12.2 Å². The third kappa shape index (κ3) is 4.86. The molecule has 2 aromatic carbocycles. The summed E-state index contributed by atoms with van der Waals surface area (Å²) in [5.41, 5.74) is 4.57. The number of hydrogen-bond acceptors (Lipinski definition) is 5. The number of nitrogens with zero attached hydrogens (tertiary/aromatic N) is 4. The van der Waals surface area contributed by atoms with Gasteiger partial charge in [0.05, 0.1) is 26.1 Å². The molecule has 3 rings (SSSR count). The van der Waals surface area contributed by atoms with Gasteiger partial charge in [-0.15, -0.1) is 0 Å². The van der Waals surface area contributed by atoms with Gasteiger partial charge >= 0.3 is 0 Å². The van der Waals surface area contributed by atoms with Crippen molar-refractivity contribution in [1.29, 1.82) is 0 Å². The van der Waals surface area contributed by atoms with Crippen molar-refractivity contribution in [1.82, 2.24) is 19.2 Å². The van der Waals surface area contributed by atoms with Crippen LogP contribution in [-0.2, 0) is 13.2 Å². The molecule has 7 heteroatoms. The molecular formula is C22H28N4O2S. The molecule has 0 aliphatic carbocycles. The summed E-state index contributed by atoms with van der Waals surface area (Å²) in [6.07, 6.45) is 1.79. The van der Waals surface area contributed by atoms with E-state index in [1.807, 2.05) is 35.4 Å². The fourth-order valence-electron chi connectivity index (χ4n) is 3.25. The van der Waals surface area contributed by atoms with Crippen LogP contribution in [0.5, 0.6) is 11.5 Å². The Balaban J connectivity index is 1.75. The molecule has 3 aromatic rings. The maximum absolute atomic E-state index is 5.68. The van der Waals surface area contributed by atoms with Crippen molar-refractivity contribution >= 4 is 12.2 Å². The largest absolute Gasteiger partial charge is 0.493 e. The lowest BCUT2D eigenvalue weighted by molar-refractivity contribution is 0.243. The van der Waals surface area contributed by atoms with Gasteiger partial charge in [0.25, 0.3) is 0 Å². The highest BCUT2D eigenvalue weighted by Gasteiger charge is 2.11. The average molecular weight is 413 g/mol. The van der Waals surface area contributed by atoms with Crippen LogP contribution in [-0.4, -0.2) is 40.0 Å². The Hall–Kier alpha value is -2.64. The van der Waals surface area contributed by atoms with Gasteiger partial charge in [0, 0.05) is 6.54 Å². The van der Waals surface area contributed by atoms with Gasteiger partial charge in [0.15, 0.2) is 11.5 Å². The molecule has 0 atom stereocenters. The van der Waals surface area contributed by atoms with Gasteiger partial charge in [-0.05, 0) is 74.9 Å². The second kappa shape index (κ2) is 9.24. The van der Waals surface area contributed by atoms with Gasteiger partial charge in [0.2, 0.25) is 4.77 Å². The second-order valence-corrected chi connectivity index (χ2v) is 7.51. The van der Waals surface area contributed by atoms with Crippen molar-refractivity contribution in [2.75, 3.05) is 20.8 Å². The number of benzene rings is 2. The van der Waals surface area contributed by atoms with E-state index in [4.69, 9.17) is 21.7 Å². The van der Waals surface area contributed by atoms with E-state index in [9.17, 15) is 0 Å².